The summed E-state index contributed by atoms with van der Waals surface area (Å²) in [6, 6.07) is 0. The van der Waals surface area contributed by atoms with Crippen molar-refractivity contribution in [2.24, 2.45) is 0 Å². The third-order valence-corrected chi connectivity index (χ3v) is 0. The van der Waals surface area contributed by atoms with Crippen molar-refractivity contribution in [1.82, 2.24) is 0 Å². The molecule has 0 aliphatic carbocycles. The first-order chi connectivity index (χ1) is 0. The summed E-state index contributed by atoms with van der Waals surface area (Å²) >= 11 is 0. The molecular weight excluding hydrogens is 216 g/mol. The third-order valence-electron chi connectivity index (χ3n) is 0. The fourth-order valence-electron chi connectivity index (χ4n) is 0. The van der Waals surface area contributed by atoms with Crippen LogP contribution in [0.25, 0.3) is 0 Å². The summed E-state index contributed by atoms with van der Waals surface area (Å²) in [4.78, 5) is 0. The van der Waals surface area contributed by atoms with E-state index in [-0.39, 0.29) is 96.4 Å². The standard InChI is InChI=1S/2FH.K.La/h2*1H;;/q;;+1;+3/p-2. The van der Waals surface area contributed by atoms with Crippen LogP contribution in [0.4, 0.5) is 0 Å². The van der Waals surface area contributed by atoms with Gasteiger partial charge in [0, 0.05) is 0 Å². The van der Waals surface area contributed by atoms with E-state index < -0.39 is 0 Å². The number of hydrogen-bond donors (Lipinski definition) is 0. The van der Waals surface area contributed by atoms with E-state index in [1.807, 2.05) is 0 Å². The van der Waals surface area contributed by atoms with E-state index >= 15 is 0 Å². The quantitative estimate of drug-likeness (QED) is 0.353. The fourth-order valence-corrected chi connectivity index (χ4v) is 0. The van der Waals surface area contributed by atoms with Gasteiger partial charge in [-0.15, -0.1) is 0 Å². The van der Waals surface area contributed by atoms with Crippen LogP contribution in [0.15, 0.2) is 0 Å². The zero-order valence-corrected chi connectivity index (χ0v) is 9.08. The van der Waals surface area contributed by atoms with Crippen LogP contribution in [0.3, 0.4) is 0 Å². The Morgan fingerprint density at radius 2 is 0.750 bits per heavy atom. The van der Waals surface area contributed by atoms with E-state index in [0.29, 0.717) is 0 Å². The molecule has 0 saturated carbocycles. The fraction of sp³-hybridized carbons (Fsp3) is 0. The van der Waals surface area contributed by atoms with Crippen molar-refractivity contribution in [2.45, 2.75) is 0 Å². The second-order valence-corrected chi connectivity index (χ2v) is 0. The average molecular weight is 216 g/mol. The Hall–Kier alpha value is 2.69. The Morgan fingerprint density at radius 3 is 0.750 bits per heavy atom. The van der Waals surface area contributed by atoms with Gasteiger partial charge in [-0.05, 0) is 0 Å². The summed E-state index contributed by atoms with van der Waals surface area (Å²) in [5.41, 5.74) is 0. The monoisotopic (exact) mass is 216 g/mol. The maximum atomic E-state index is 0. The average Bonchev–Trinajstić information content (AvgIpc) is 0. The second-order valence-electron chi connectivity index (χ2n) is 0. The van der Waals surface area contributed by atoms with Gasteiger partial charge in [-0.3, -0.25) is 0 Å². The molecule has 0 rings (SSSR count). The maximum absolute atomic E-state index is 0. The van der Waals surface area contributed by atoms with Crippen molar-refractivity contribution in [3.8, 4) is 0 Å². The van der Waals surface area contributed by atoms with Gasteiger partial charge >= 0.3 is 87.0 Å². The normalized spacial score (nSPS) is 0. The summed E-state index contributed by atoms with van der Waals surface area (Å²) in [6.07, 6.45) is 0. The Kier molecular flexibility index (Phi) is 129. The molecule has 0 atom stereocenters. The van der Waals surface area contributed by atoms with Crippen molar-refractivity contribution in [3.05, 3.63) is 0 Å². The van der Waals surface area contributed by atoms with Gasteiger partial charge in [0.2, 0.25) is 0 Å². The van der Waals surface area contributed by atoms with Gasteiger partial charge in [0.15, 0.2) is 0 Å². The van der Waals surface area contributed by atoms with E-state index in [0.717, 1.165) is 0 Å². The molecule has 0 N–H and O–H groups in total. The first-order valence-corrected chi connectivity index (χ1v) is 0. The number of halogens is 2. The van der Waals surface area contributed by atoms with Crippen molar-refractivity contribution < 1.29 is 96.4 Å². The van der Waals surface area contributed by atoms with Crippen molar-refractivity contribution in [2.75, 3.05) is 0 Å². The number of hydrogen-bond acceptors (Lipinski definition) is 0. The van der Waals surface area contributed by atoms with Crippen LogP contribution in [0, 0.1) is 35.6 Å². The van der Waals surface area contributed by atoms with Gasteiger partial charge in [-0.25, -0.2) is 0 Å². The summed E-state index contributed by atoms with van der Waals surface area (Å²) in [7, 11) is 0. The molecule has 0 nitrogen and oxygen atoms in total. The molecule has 0 fully saturated rings. The van der Waals surface area contributed by atoms with Crippen LogP contribution in [-0.4, -0.2) is 0 Å². The molecule has 0 aromatic carbocycles. The Labute approximate surface area is 93.9 Å². The molecule has 0 bridgehead atoms. The van der Waals surface area contributed by atoms with Gasteiger partial charge in [0.25, 0.3) is 0 Å². The summed E-state index contributed by atoms with van der Waals surface area (Å²) in [5.74, 6) is 0. The minimum atomic E-state index is 0. The first-order valence-electron chi connectivity index (χ1n) is 0. The maximum Gasteiger partial charge on any atom is 3.00 e. The van der Waals surface area contributed by atoms with Gasteiger partial charge in [-0.1, -0.05) is 0 Å². The smallest absolute Gasteiger partial charge is 1.00 e. The Balaban J connectivity index is 0. The molecule has 0 radical (unpaired) electrons. The molecule has 4 heavy (non-hydrogen) atoms. The van der Waals surface area contributed by atoms with Gasteiger partial charge in [0.1, 0.15) is 0 Å². The van der Waals surface area contributed by atoms with Gasteiger partial charge < -0.3 is 9.41 Å². The zero-order valence-electron chi connectivity index (χ0n) is 2.33. The molecule has 0 unspecified atom stereocenters. The van der Waals surface area contributed by atoms with Gasteiger partial charge in [0.05, 0.1) is 0 Å². The van der Waals surface area contributed by atoms with E-state index in [9.17, 15) is 0 Å². The van der Waals surface area contributed by atoms with Crippen molar-refractivity contribution >= 4 is 0 Å². The van der Waals surface area contributed by atoms with Crippen molar-refractivity contribution in [1.29, 1.82) is 0 Å². The SMILES string of the molecule is [F-].[F-].[K+].[La+3]. The minimum Gasteiger partial charge on any atom is -1.00 e. The van der Waals surface area contributed by atoms with Crippen LogP contribution in [-0.2, 0) is 0 Å². The van der Waals surface area contributed by atoms with E-state index in [4.69, 9.17) is 0 Å². The molecule has 4 heteroatoms. The second kappa shape index (κ2) is 17.3. The molecule has 0 heterocycles. The first kappa shape index (κ1) is 29.9. The molecule has 0 aromatic rings. The van der Waals surface area contributed by atoms with Crippen LogP contribution in [0.2, 0.25) is 0 Å². The van der Waals surface area contributed by atoms with E-state index in [1.165, 1.54) is 0 Å². The van der Waals surface area contributed by atoms with E-state index in [1.54, 1.807) is 0 Å². The predicted octanol–water partition coefficient (Wildman–Crippen LogP) is -8.99. The Bertz CT molecular complexity index is 6.00. The Morgan fingerprint density at radius 1 is 0.750 bits per heavy atom. The summed E-state index contributed by atoms with van der Waals surface area (Å²) in [6.45, 7) is 0. The van der Waals surface area contributed by atoms with Crippen LogP contribution in [0.5, 0.6) is 0 Å². The largest absolute Gasteiger partial charge is 3.00 e. The molecule has 0 amide bonds. The van der Waals surface area contributed by atoms with Crippen LogP contribution in [0.1, 0.15) is 0 Å². The van der Waals surface area contributed by atoms with Crippen molar-refractivity contribution in [3.63, 3.8) is 0 Å². The zero-order chi connectivity index (χ0) is 0. The predicted molar refractivity (Wildman–Crippen MR) is 0 cm³/mol. The summed E-state index contributed by atoms with van der Waals surface area (Å²) < 4.78 is 0. The van der Waals surface area contributed by atoms with Crippen LogP contribution >= 0.6 is 0 Å². The number of rotatable bonds is 0. The molecule has 0 aliphatic rings. The van der Waals surface area contributed by atoms with Crippen LogP contribution < -0.4 is 60.8 Å². The topological polar surface area (TPSA) is 0 Å². The minimum absolute atomic E-state index is 0. The third kappa shape index (κ3) is 8.83. The molecule has 0 aromatic heterocycles. The summed E-state index contributed by atoms with van der Waals surface area (Å²) in [5, 5.41) is 0. The van der Waals surface area contributed by atoms with Gasteiger partial charge in [-0.2, -0.15) is 0 Å². The molecule has 0 aliphatic heterocycles. The van der Waals surface area contributed by atoms with E-state index in [2.05, 4.69) is 0 Å². The molecule has 0 spiro atoms. The molecule has 16 valence electrons. The molecular formula is F2KLa+2. The molecule has 0 saturated heterocycles.